The Bertz CT molecular complexity index is 1660. The number of ketones is 1. The van der Waals surface area contributed by atoms with Crippen molar-refractivity contribution in [1.29, 1.82) is 0 Å². The van der Waals surface area contributed by atoms with E-state index in [9.17, 15) is 14.4 Å². The van der Waals surface area contributed by atoms with Crippen LogP contribution in [0.2, 0.25) is 5.02 Å². The molecule has 4 atom stereocenters. The third-order valence-corrected chi connectivity index (χ3v) is 8.22. The maximum absolute atomic E-state index is 14.4. The van der Waals surface area contributed by atoms with Crippen LogP contribution in [-0.2, 0) is 15.0 Å². The number of Topliss-reactive ketones (excluding diaryl/α,β-unsaturated/α-hetero) is 1. The molecule has 1 spiro atoms. The number of hydrogen-bond donors (Lipinski definition) is 2. The molecule has 0 bridgehead atoms. The number of anilines is 3. The molecule has 0 radical (unpaired) electrons. The Hall–Kier alpha value is -4.62. The van der Waals surface area contributed by atoms with Crippen molar-refractivity contribution in [2.45, 2.75) is 17.5 Å². The highest BCUT2D eigenvalue weighted by atomic mass is 35.5. The van der Waals surface area contributed by atoms with Crippen molar-refractivity contribution in [2.75, 3.05) is 15.5 Å². The van der Waals surface area contributed by atoms with E-state index in [1.165, 1.54) is 6.26 Å². The lowest BCUT2D eigenvalue weighted by atomic mass is 9.65. The van der Waals surface area contributed by atoms with E-state index in [4.69, 9.17) is 16.0 Å². The zero-order valence-corrected chi connectivity index (χ0v) is 21.3. The fourth-order valence-electron chi connectivity index (χ4n) is 6.44. The van der Waals surface area contributed by atoms with E-state index in [0.717, 1.165) is 11.3 Å². The summed E-state index contributed by atoms with van der Waals surface area (Å²) in [6, 6.07) is 23.4. The first-order valence-corrected chi connectivity index (χ1v) is 13.0. The van der Waals surface area contributed by atoms with E-state index in [-0.39, 0.29) is 11.7 Å². The molecule has 2 amide bonds. The molecular formula is C31H22ClN3O4. The average molecular weight is 536 g/mol. The van der Waals surface area contributed by atoms with Gasteiger partial charge in [0, 0.05) is 22.1 Å². The molecule has 1 aromatic heterocycles. The van der Waals surface area contributed by atoms with Crippen LogP contribution in [0.4, 0.5) is 17.1 Å². The minimum Gasteiger partial charge on any atom is -0.461 e. The Morgan fingerprint density at radius 2 is 1.72 bits per heavy atom. The van der Waals surface area contributed by atoms with Gasteiger partial charge in [-0.05, 0) is 59.7 Å². The molecule has 0 aliphatic carbocycles. The molecule has 3 aromatic carbocycles. The van der Waals surface area contributed by atoms with E-state index in [1.54, 1.807) is 36.4 Å². The largest absolute Gasteiger partial charge is 0.461 e. The van der Waals surface area contributed by atoms with E-state index in [1.807, 2.05) is 65.6 Å². The Balaban J connectivity index is 1.48. The normalized spacial score (nSPS) is 24.2. The first-order valence-electron chi connectivity index (χ1n) is 12.6. The number of carbonyl (C=O) groups is 3. The maximum Gasteiger partial charge on any atom is 0.247 e. The second kappa shape index (κ2) is 8.71. The summed E-state index contributed by atoms with van der Waals surface area (Å²) in [4.78, 5) is 44.7. The molecule has 3 aliphatic heterocycles. The van der Waals surface area contributed by atoms with Crippen LogP contribution in [0.3, 0.4) is 0 Å². The second-order valence-electron chi connectivity index (χ2n) is 9.90. The minimum atomic E-state index is -1.38. The number of halogens is 1. The van der Waals surface area contributed by atoms with Crippen LogP contribution >= 0.6 is 11.6 Å². The highest BCUT2D eigenvalue weighted by molar-refractivity contribution is 6.30. The first kappa shape index (κ1) is 23.5. The molecule has 4 heterocycles. The van der Waals surface area contributed by atoms with Crippen LogP contribution in [-0.4, -0.2) is 29.7 Å². The lowest BCUT2D eigenvalue weighted by molar-refractivity contribution is -0.122. The van der Waals surface area contributed by atoms with Gasteiger partial charge in [-0.3, -0.25) is 14.4 Å². The second-order valence-corrected chi connectivity index (χ2v) is 10.3. The zero-order valence-electron chi connectivity index (χ0n) is 20.5. The van der Waals surface area contributed by atoms with Gasteiger partial charge in [0.2, 0.25) is 17.6 Å². The van der Waals surface area contributed by atoms with Crippen LogP contribution in [0, 0.1) is 5.92 Å². The molecule has 2 N–H and O–H groups in total. The highest BCUT2D eigenvalue weighted by Gasteiger charge is 2.70. The quantitative estimate of drug-likeness (QED) is 0.335. The van der Waals surface area contributed by atoms with Crippen molar-refractivity contribution >= 4 is 52.3 Å². The monoisotopic (exact) mass is 535 g/mol. The molecule has 1 fully saturated rings. The molecule has 3 aliphatic rings. The van der Waals surface area contributed by atoms with E-state index in [0.29, 0.717) is 22.0 Å². The lowest BCUT2D eigenvalue weighted by Gasteiger charge is -2.37. The molecule has 1 unspecified atom stereocenters. The van der Waals surface area contributed by atoms with Gasteiger partial charge in [0.05, 0.1) is 18.2 Å². The number of fused-ring (bicyclic) bond motifs is 6. The highest BCUT2D eigenvalue weighted by Crippen LogP contribution is 2.57. The number of nitrogens with one attached hydrogen (secondary N) is 2. The molecular weight excluding hydrogens is 514 g/mol. The summed E-state index contributed by atoms with van der Waals surface area (Å²) >= 11 is 6.06. The number of hydrogen-bond acceptors (Lipinski definition) is 5. The standard InChI is InChI=1S/C31H22ClN3O4/c32-19-12-14-20(15-13-19)33-29(37)27-26(28(36)24-10-5-17-39-24)31(21-7-2-3-8-22(21)34-30(31)38)25-16-11-18-6-1-4-9-23(18)35(25)27/h1-17,25-27H,(H,33,37)(H,34,38)/t25?,26-,27+,31+/m0/s1. The zero-order chi connectivity index (χ0) is 26.7. The SMILES string of the molecule is O=C(c1ccco1)[C@@H]1[C@H](C(=O)Nc2ccc(Cl)cc2)N2c3ccccc3C=CC2[C@@]12C(=O)Nc1ccccc12. The third-order valence-electron chi connectivity index (χ3n) is 7.97. The number of rotatable bonds is 4. The van der Waals surface area contributed by atoms with E-state index in [2.05, 4.69) is 10.6 Å². The van der Waals surface area contributed by atoms with Gasteiger partial charge in [0.15, 0.2) is 5.76 Å². The van der Waals surface area contributed by atoms with Gasteiger partial charge in [0.25, 0.3) is 0 Å². The maximum atomic E-state index is 14.4. The van der Waals surface area contributed by atoms with E-state index < -0.39 is 35.1 Å². The smallest absolute Gasteiger partial charge is 0.247 e. The van der Waals surface area contributed by atoms with Gasteiger partial charge >= 0.3 is 0 Å². The van der Waals surface area contributed by atoms with Crippen LogP contribution in [0.25, 0.3) is 6.08 Å². The van der Waals surface area contributed by atoms with Crippen LogP contribution in [0.15, 0.2) is 102 Å². The molecule has 7 nitrogen and oxygen atoms in total. The van der Waals surface area contributed by atoms with Crippen molar-refractivity contribution in [1.82, 2.24) is 0 Å². The number of amides is 2. The van der Waals surface area contributed by atoms with Gasteiger partial charge in [0.1, 0.15) is 11.5 Å². The molecule has 4 aromatic rings. The van der Waals surface area contributed by atoms with Crippen LogP contribution in [0.5, 0.6) is 0 Å². The van der Waals surface area contributed by atoms with Crippen LogP contribution in [0.1, 0.15) is 21.7 Å². The number of nitrogens with zero attached hydrogens (tertiary/aromatic N) is 1. The van der Waals surface area contributed by atoms with Crippen LogP contribution < -0.4 is 15.5 Å². The number of furan rings is 1. The first-order chi connectivity index (χ1) is 19.0. The minimum absolute atomic E-state index is 0.0953. The fourth-order valence-corrected chi connectivity index (χ4v) is 6.57. The van der Waals surface area contributed by atoms with Gasteiger partial charge in [-0.25, -0.2) is 0 Å². The number of para-hydroxylation sites is 2. The Morgan fingerprint density at radius 3 is 2.51 bits per heavy atom. The predicted molar refractivity (Wildman–Crippen MR) is 149 cm³/mol. The molecule has 192 valence electrons. The summed E-state index contributed by atoms with van der Waals surface area (Å²) in [5, 5.41) is 6.51. The van der Waals surface area contributed by atoms with Crippen molar-refractivity contribution < 1.29 is 18.8 Å². The average Bonchev–Trinajstić information content (AvgIpc) is 3.67. The van der Waals surface area contributed by atoms with Crippen molar-refractivity contribution in [3.05, 3.63) is 119 Å². The Kier molecular flexibility index (Phi) is 5.25. The summed E-state index contributed by atoms with van der Waals surface area (Å²) in [6.45, 7) is 0. The lowest BCUT2D eigenvalue weighted by Crippen LogP contribution is -2.51. The molecule has 39 heavy (non-hydrogen) atoms. The number of carbonyl (C=O) groups excluding carboxylic acids is 3. The Morgan fingerprint density at radius 1 is 0.949 bits per heavy atom. The van der Waals surface area contributed by atoms with Gasteiger partial charge in [-0.1, -0.05) is 60.2 Å². The van der Waals surface area contributed by atoms with Gasteiger partial charge < -0.3 is 20.0 Å². The molecule has 0 saturated carbocycles. The molecule has 1 saturated heterocycles. The van der Waals surface area contributed by atoms with Gasteiger partial charge in [-0.2, -0.15) is 0 Å². The van der Waals surface area contributed by atoms with Crippen molar-refractivity contribution in [2.24, 2.45) is 5.92 Å². The van der Waals surface area contributed by atoms with Crippen molar-refractivity contribution in [3.8, 4) is 0 Å². The molecule has 8 heteroatoms. The third kappa shape index (κ3) is 3.33. The Labute approximate surface area is 229 Å². The van der Waals surface area contributed by atoms with Crippen molar-refractivity contribution in [3.63, 3.8) is 0 Å². The summed E-state index contributed by atoms with van der Waals surface area (Å²) < 4.78 is 5.55. The fraction of sp³-hybridized carbons (Fsp3) is 0.129. The molecule has 7 rings (SSSR count). The summed E-state index contributed by atoms with van der Waals surface area (Å²) in [5.74, 6) is -2.15. The van der Waals surface area contributed by atoms with Gasteiger partial charge in [-0.15, -0.1) is 0 Å². The van der Waals surface area contributed by atoms with E-state index >= 15 is 0 Å². The predicted octanol–water partition coefficient (Wildman–Crippen LogP) is 5.54. The summed E-state index contributed by atoms with van der Waals surface area (Å²) in [7, 11) is 0. The summed E-state index contributed by atoms with van der Waals surface area (Å²) in [5.41, 5.74) is 2.13. The summed E-state index contributed by atoms with van der Waals surface area (Å²) in [6.07, 6.45) is 5.31. The number of benzene rings is 3. The topological polar surface area (TPSA) is 91.7 Å².